The van der Waals surface area contributed by atoms with Crippen molar-refractivity contribution in [1.29, 1.82) is 0 Å². The molecule has 0 saturated heterocycles. The molecule has 0 fully saturated rings. The van der Waals surface area contributed by atoms with Crippen LogP contribution in [0.15, 0.2) is 48.5 Å². The van der Waals surface area contributed by atoms with Crippen LogP contribution in [0.1, 0.15) is 22.5 Å². The standard InChI is InChI=1S/C22H20ClN5O/c1-13-7-6-8-16(11-13)21-26-22-24-14(2)17(15(3)28(22)27-21)12-20(29)25-19-10-5-4-9-18(19)23/h4-11H,12H2,1-3H3,(H,25,29). The largest absolute Gasteiger partial charge is 0.324 e. The lowest BCUT2D eigenvalue weighted by Crippen LogP contribution is -2.18. The number of para-hydroxylation sites is 1. The van der Waals surface area contributed by atoms with Gasteiger partial charge >= 0.3 is 0 Å². The highest BCUT2D eigenvalue weighted by atomic mass is 35.5. The first-order valence-electron chi connectivity index (χ1n) is 9.26. The Hall–Kier alpha value is -3.25. The topological polar surface area (TPSA) is 72.2 Å². The van der Waals surface area contributed by atoms with Crippen LogP contribution >= 0.6 is 11.6 Å². The predicted molar refractivity (Wildman–Crippen MR) is 114 cm³/mol. The van der Waals surface area contributed by atoms with Crippen LogP contribution < -0.4 is 5.32 Å². The maximum atomic E-state index is 12.6. The number of carbonyl (C=O) groups is 1. The fraction of sp³-hybridized carbons (Fsp3) is 0.182. The summed E-state index contributed by atoms with van der Waals surface area (Å²) < 4.78 is 1.70. The number of halogens is 1. The zero-order valence-electron chi connectivity index (χ0n) is 16.4. The molecule has 0 unspecified atom stereocenters. The third kappa shape index (κ3) is 3.84. The minimum atomic E-state index is -0.163. The Labute approximate surface area is 173 Å². The Balaban J connectivity index is 1.66. The molecule has 0 spiro atoms. The summed E-state index contributed by atoms with van der Waals surface area (Å²) in [7, 11) is 0. The fourth-order valence-electron chi connectivity index (χ4n) is 3.29. The Morgan fingerprint density at radius 1 is 1.07 bits per heavy atom. The van der Waals surface area contributed by atoms with Gasteiger partial charge in [0.1, 0.15) is 0 Å². The maximum Gasteiger partial charge on any atom is 0.253 e. The van der Waals surface area contributed by atoms with Crippen LogP contribution in [0.25, 0.3) is 17.2 Å². The van der Waals surface area contributed by atoms with Gasteiger partial charge < -0.3 is 5.32 Å². The maximum absolute atomic E-state index is 12.6. The van der Waals surface area contributed by atoms with E-state index in [-0.39, 0.29) is 12.3 Å². The summed E-state index contributed by atoms with van der Waals surface area (Å²) in [6, 6.07) is 15.2. The molecule has 6 nitrogen and oxygen atoms in total. The van der Waals surface area contributed by atoms with Crippen molar-refractivity contribution in [1.82, 2.24) is 19.6 Å². The molecule has 2 heterocycles. The van der Waals surface area contributed by atoms with Gasteiger partial charge in [0.2, 0.25) is 5.91 Å². The van der Waals surface area contributed by atoms with Crippen LogP contribution in [0.5, 0.6) is 0 Å². The first kappa shape index (κ1) is 19.1. The average molecular weight is 406 g/mol. The molecule has 0 aliphatic carbocycles. The van der Waals surface area contributed by atoms with Gasteiger partial charge in [-0.05, 0) is 39.0 Å². The number of nitrogens with one attached hydrogen (secondary N) is 1. The molecule has 2 aromatic heterocycles. The molecule has 29 heavy (non-hydrogen) atoms. The van der Waals surface area contributed by atoms with Crippen molar-refractivity contribution >= 4 is 29.0 Å². The van der Waals surface area contributed by atoms with E-state index in [2.05, 4.69) is 20.4 Å². The monoisotopic (exact) mass is 405 g/mol. The number of hydrogen-bond donors (Lipinski definition) is 1. The number of fused-ring (bicyclic) bond motifs is 1. The Kier molecular flexibility index (Phi) is 5.03. The van der Waals surface area contributed by atoms with Crippen LogP contribution in [-0.4, -0.2) is 25.5 Å². The summed E-state index contributed by atoms with van der Waals surface area (Å²) in [6.45, 7) is 5.84. The number of nitrogens with zero attached hydrogens (tertiary/aromatic N) is 4. The van der Waals surface area contributed by atoms with E-state index in [1.54, 1.807) is 16.6 Å². The van der Waals surface area contributed by atoms with Crippen molar-refractivity contribution in [3.8, 4) is 11.4 Å². The van der Waals surface area contributed by atoms with E-state index in [9.17, 15) is 4.79 Å². The van der Waals surface area contributed by atoms with E-state index >= 15 is 0 Å². The third-order valence-electron chi connectivity index (χ3n) is 4.81. The first-order chi connectivity index (χ1) is 13.9. The van der Waals surface area contributed by atoms with Gasteiger partial charge in [-0.1, -0.05) is 47.5 Å². The highest BCUT2D eigenvalue weighted by molar-refractivity contribution is 6.33. The van der Waals surface area contributed by atoms with E-state index in [4.69, 9.17) is 11.6 Å². The van der Waals surface area contributed by atoms with Crippen LogP contribution in [0.2, 0.25) is 5.02 Å². The smallest absolute Gasteiger partial charge is 0.253 e. The van der Waals surface area contributed by atoms with Crippen molar-refractivity contribution in [3.05, 3.63) is 76.1 Å². The molecule has 7 heteroatoms. The Morgan fingerprint density at radius 3 is 2.62 bits per heavy atom. The van der Waals surface area contributed by atoms with Gasteiger partial charge in [-0.15, -0.1) is 5.10 Å². The Morgan fingerprint density at radius 2 is 1.86 bits per heavy atom. The van der Waals surface area contributed by atoms with Crippen molar-refractivity contribution < 1.29 is 4.79 Å². The summed E-state index contributed by atoms with van der Waals surface area (Å²) in [5.41, 5.74) is 5.08. The normalized spacial score (nSPS) is 11.0. The van der Waals surface area contributed by atoms with Crippen molar-refractivity contribution in [3.63, 3.8) is 0 Å². The van der Waals surface area contributed by atoms with Gasteiger partial charge in [-0.25, -0.2) is 9.50 Å². The molecule has 1 N–H and O–H groups in total. The molecule has 0 saturated carbocycles. The van der Waals surface area contributed by atoms with E-state index in [0.29, 0.717) is 22.3 Å². The molecule has 0 aliphatic rings. The molecule has 2 aromatic carbocycles. The first-order valence-corrected chi connectivity index (χ1v) is 9.64. The lowest BCUT2D eigenvalue weighted by atomic mass is 10.1. The number of rotatable bonds is 4. The summed E-state index contributed by atoms with van der Waals surface area (Å²) in [4.78, 5) is 21.7. The molecule has 1 amide bonds. The zero-order chi connectivity index (χ0) is 20.5. The number of amides is 1. The van der Waals surface area contributed by atoms with Crippen LogP contribution in [0.4, 0.5) is 5.69 Å². The van der Waals surface area contributed by atoms with Gasteiger partial charge in [0.15, 0.2) is 5.82 Å². The van der Waals surface area contributed by atoms with E-state index in [1.807, 2.05) is 57.2 Å². The second-order valence-corrected chi connectivity index (χ2v) is 7.39. The minimum absolute atomic E-state index is 0.163. The highest BCUT2D eigenvalue weighted by Crippen LogP contribution is 2.23. The summed E-state index contributed by atoms with van der Waals surface area (Å²) in [5.74, 6) is 0.970. The van der Waals surface area contributed by atoms with Crippen LogP contribution in [0, 0.1) is 20.8 Å². The summed E-state index contributed by atoms with van der Waals surface area (Å²) in [5, 5.41) is 7.98. The van der Waals surface area contributed by atoms with Crippen molar-refractivity contribution in [2.45, 2.75) is 27.2 Å². The van der Waals surface area contributed by atoms with Gasteiger partial charge in [0, 0.05) is 22.5 Å². The molecule has 4 aromatic rings. The van der Waals surface area contributed by atoms with Gasteiger partial charge in [-0.3, -0.25) is 4.79 Å². The van der Waals surface area contributed by atoms with Crippen molar-refractivity contribution in [2.24, 2.45) is 0 Å². The van der Waals surface area contributed by atoms with Gasteiger partial charge in [0.05, 0.1) is 17.1 Å². The van der Waals surface area contributed by atoms with E-state index in [0.717, 1.165) is 28.1 Å². The number of anilines is 1. The second-order valence-electron chi connectivity index (χ2n) is 6.98. The summed E-state index contributed by atoms with van der Waals surface area (Å²) in [6.07, 6.45) is 0.172. The molecular formula is C22H20ClN5O. The lowest BCUT2D eigenvalue weighted by Gasteiger charge is -2.11. The molecule has 4 rings (SSSR count). The lowest BCUT2D eigenvalue weighted by molar-refractivity contribution is -0.115. The SMILES string of the molecule is Cc1cccc(-c2nc3nc(C)c(CC(=O)Nc4ccccc4Cl)c(C)n3n2)c1. The zero-order valence-corrected chi connectivity index (χ0v) is 17.2. The minimum Gasteiger partial charge on any atom is -0.324 e. The van der Waals surface area contributed by atoms with Gasteiger partial charge in [0.25, 0.3) is 5.78 Å². The number of benzene rings is 2. The van der Waals surface area contributed by atoms with Crippen LogP contribution in [-0.2, 0) is 11.2 Å². The van der Waals surface area contributed by atoms with Crippen LogP contribution in [0.3, 0.4) is 0 Å². The molecular weight excluding hydrogens is 386 g/mol. The molecule has 0 bridgehead atoms. The average Bonchev–Trinajstić information content (AvgIpc) is 3.11. The van der Waals surface area contributed by atoms with E-state index in [1.165, 1.54) is 0 Å². The molecule has 0 aliphatic heterocycles. The quantitative estimate of drug-likeness (QED) is 0.540. The molecule has 146 valence electrons. The molecule has 0 atom stereocenters. The van der Waals surface area contributed by atoms with Crippen molar-refractivity contribution in [2.75, 3.05) is 5.32 Å². The highest BCUT2D eigenvalue weighted by Gasteiger charge is 2.17. The van der Waals surface area contributed by atoms with Gasteiger partial charge in [-0.2, -0.15) is 4.98 Å². The fourth-order valence-corrected chi connectivity index (χ4v) is 3.47. The predicted octanol–water partition coefficient (Wildman–Crippen LogP) is 4.55. The number of aromatic nitrogens is 4. The Bertz CT molecular complexity index is 1230. The third-order valence-corrected chi connectivity index (χ3v) is 5.14. The molecule has 0 radical (unpaired) electrons. The number of carbonyl (C=O) groups excluding carboxylic acids is 1. The second kappa shape index (κ2) is 7.64. The number of hydrogen-bond acceptors (Lipinski definition) is 4. The summed E-state index contributed by atoms with van der Waals surface area (Å²) >= 11 is 6.13. The number of aryl methyl sites for hydroxylation is 3. The van der Waals surface area contributed by atoms with E-state index < -0.39 is 0 Å².